The van der Waals surface area contributed by atoms with Crippen LogP contribution in [0.4, 0.5) is 4.39 Å². The number of carbonyl (C=O) groups is 2. The van der Waals surface area contributed by atoms with Crippen LogP contribution >= 0.6 is 0 Å². The summed E-state index contributed by atoms with van der Waals surface area (Å²) in [5.41, 5.74) is 1.06. The van der Waals surface area contributed by atoms with Gasteiger partial charge in [0.15, 0.2) is 0 Å². The molecular formula is C23H27FN2O2. The third kappa shape index (κ3) is 4.14. The number of nitrogens with zero attached hydrogens (tertiary/aromatic N) is 1. The summed E-state index contributed by atoms with van der Waals surface area (Å²) in [6.07, 6.45) is 1.38. The molecule has 0 aliphatic carbocycles. The van der Waals surface area contributed by atoms with Crippen LogP contribution in [0.1, 0.15) is 37.8 Å². The highest BCUT2D eigenvalue weighted by Gasteiger charge is 2.41. The summed E-state index contributed by atoms with van der Waals surface area (Å²) >= 11 is 0. The molecule has 0 spiro atoms. The van der Waals surface area contributed by atoms with E-state index in [1.165, 1.54) is 6.07 Å². The Kier molecular flexibility index (Phi) is 6.25. The Hall–Kier alpha value is -2.53. The minimum atomic E-state index is -0.471. The van der Waals surface area contributed by atoms with E-state index in [1.807, 2.05) is 37.3 Å². The summed E-state index contributed by atoms with van der Waals surface area (Å²) in [5, 5.41) is 2.82. The number of rotatable bonds is 6. The normalized spacial score (nSPS) is 17.7. The molecule has 28 heavy (non-hydrogen) atoms. The molecule has 1 amide bonds. The lowest BCUT2D eigenvalue weighted by Gasteiger charge is -2.42. The SMILES string of the molecule is CC(=O)C1(c2ccccc2)CCN(C(C)C(=O)NCc2ccccc2F)CC1. The number of likely N-dealkylation sites (tertiary alicyclic amines) is 1. The van der Waals surface area contributed by atoms with Crippen molar-refractivity contribution >= 4 is 11.7 Å². The highest BCUT2D eigenvalue weighted by Crippen LogP contribution is 2.37. The molecule has 0 bridgehead atoms. The van der Waals surface area contributed by atoms with Crippen LogP contribution in [0, 0.1) is 5.82 Å². The monoisotopic (exact) mass is 382 g/mol. The van der Waals surface area contributed by atoms with E-state index in [1.54, 1.807) is 25.1 Å². The average Bonchev–Trinajstić information content (AvgIpc) is 2.73. The molecule has 1 heterocycles. The lowest BCUT2D eigenvalue weighted by atomic mass is 9.70. The highest BCUT2D eigenvalue weighted by atomic mass is 19.1. The maximum Gasteiger partial charge on any atom is 0.237 e. The maximum atomic E-state index is 13.7. The van der Waals surface area contributed by atoms with Gasteiger partial charge in [-0.2, -0.15) is 0 Å². The zero-order chi connectivity index (χ0) is 20.1. The summed E-state index contributed by atoms with van der Waals surface area (Å²) in [6.45, 7) is 5.03. The Balaban J connectivity index is 1.61. The van der Waals surface area contributed by atoms with Gasteiger partial charge < -0.3 is 5.32 Å². The Morgan fingerprint density at radius 2 is 1.68 bits per heavy atom. The van der Waals surface area contributed by atoms with Crippen molar-refractivity contribution in [2.24, 2.45) is 0 Å². The van der Waals surface area contributed by atoms with Gasteiger partial charge in [-0.1, -0.05) is 48.5 Å². The lowest BCUT2D eigenvalue weighted by molar-refractivity contribution is -0.128. The third-order valence-corrected chi connectivity index (χ3v) is 5.99. The van der Waals surface area contributed by atoms with Crippen molar-refractivity contribution in [3.8, 4) is 0 Å². The molecule has 2 aromatic rings. The number of amides is 1. The number of carbonyl (C=O) groups excluding carboxylic acids is 2. The van der Waals surface area contributed by atoms with Gasteiger partial charge in [0.25, 0.3) is 0 Å². The first-order chi connectivity index (χ1) is 13.4. The molecule has 0 saturated carbocycles. The topological polar surface area (TPSA) is 49.4 Å². The summed E-state index contributed by atoms with van der Waals surface area (Å²) in [6, 6.07) is 16.0. The standard InChI is InChI=1S/C23H27FN2O2/c1-17(22(28)25-16-19-8-6-7-11-21(19)24)26-14-12-23(13-15-26,18(2)27)20-9-4-3-5-10-20/h3-11,17H,12-16H2,1-2H3,(H,25,28). The third-order valence-electron chi connectivity index (χ3n) is 5.99. The van der Waals surface area contributed by atoms with Gasteiger partial charge in [-0.15, -0.1) is 0 Å². The fraction of sp³-hybridized carbons (Fsp3) is 0.391. The van der Waals surface area contributed by atoms with Crippen molar-refractivity contribution in [1.82, 2.24) is 10.2 Å². The summed E-state index contributed by atoms with van der Waals surface area (Å²) in [5.74, 6) is -0.268. The molecule has 1 aliphatic heterocycles. The van der Waals surface area contributed by atoms with E-state index in [4.69, 9.17) is 0 Å². The number of piperidine rings is 1. The van der Waals surface area contributed by atoms with Crippen molar-refractivity contribution in [3.63, 3.8) is 0 Å². The van der Waals surface area contributed by atoms with Gasteiger partial charge in [0.1, 0.15) is 11.6 Å². The van der Waals surface area contributed by atoms with Crippen LogP contribution in [0.15, 0.2) is 54.6 Å². The smallest absolute Gasteiger partial charge is 0.237 e. The van der Waals surface area contributed by atoms with E-state index in [0.717, 1.165) is 5.56 Å². The van der Waals surface area contributed by atoms with Gasteiger partial charge >= 0.3 is 0 Å². The number of ketones is 1. The molecule has 1 fully saturated rings. The largest absolute Gasteiger partial charge is 0.351 e. The molecule has 5 heteroatoms. The second kappa shape index (κ2) is 8.65. The zero-order valence-electron chi connectivity index (χ0n) is 16.5. The molecule has 1 atom stereocenters. The van der Waals surface area contributed by atoms with Crippen LogP contribution in [0.5, 0.6) is 0 Å². The summed E-state index contributed by atoms with van der Waals surface area (Å²) in [4.78, 5) is 27.1. The molecule has 0 aromatic heterocycles. The first-order valence-electron chi connectivity index (χ1n) is 9.76. The maximum absolute atomic E-state index is 13.7. The summed E-state index contributed by atoms with van der Waals surface area (Å²) in [7, 11) is 0. The first-order valence-corrected chi connectivity index (χ1v) is 9.76. The highest BCUT2D eigenvalue weighted by molar-refractivity contribution is 5.88. The second-order valence-corrected chi connectivity index (χ2v) is 7.53. The molecule has 0 radical (unpaired) electrons. The Labute approximate surface area is 165 Å². The zero-order valence-corrected chi connectivity index (χ0v) is 16.5. The van der Waals surface area contributed by atoms with Crippen molar-refractivity contribution < 1.29 is 14.0 Å². The molecule has 2 aromatic carbocycles. The predicted molar refractivity (Wildman–Crippen MR) is 107 cm³/mol. The van der Waals surface area contributed by atoms with Crippen LogP contribution in [0.3, 0.4) is 0 Å². The number of halogens is 1. The minimum Gasteiger partial charge on any atom is -0.351 e. The molecule has 1 N–H and O–H groups in total. The Morgan fingerprint density at radius 3 is 2.29 bits per heavy atom. The van der Waals surface area contributed by atoms with Crippen molar-refractivity contribution in [1.29, 1.82) is 0 Å². The minimum absolute atomic E-state index is 0.127. The van der Waals surface area contributed by atoms with Crippen LogP contribution in [0.2, 0.25) is 0 Å². The number of hydrogen-bond acceptors (Lipinski definition) is 3. The van der Waals surface area contributed by atoms with Gasteiger partial charge in [0.05, 0.1) is 11.5 Å². The quantitative estimate of drug-likeness (QED) is 0.833. The second-order valence-electron chi connectivity index (χ2n) is 7.53. The van der Waals surface area contributed by atoms with Gasteiger partial charge in [-0.25, -0.2) is 4.39 Å². The van der Waals surface area contributed by atoms with E-state index in [9.17, 15) is 14.0 Å². The molecule has 3 rings (SSSR count). The van der Waals surface area contributed by atoms with Gasteiger partial charge in [-0.3, -0.25) is 14.5 Å². The van der Waals surface area contributed by atoms with E-state index in [2.05, 4.69) is 10.2 Å². The number of hydrogen-bond donors (Lipinski definition) is 1. The predicted octanol–water partition coefficient (Wildman–Crippen LogP) is 3.45. The molecule has 4 nitrogen and oxygen atoms in total. The first kappa shape index (κ1) is 20.2. The Bertz CT molecular complexity index is 830. The van der Waals surface area contributed by atoms with E-state index in [-0.39, 0.29) is 30.1 Å². The fourth-order valence-electron chi connectivity index (χ4n) is 4.03. The summed E-state index contributed by atoms with van der Waals surface area (Å²) < 4.78 is 13.7. The molecule has 1 unspecified atom stereocenters. The molecular weight excluding hydrogens is 355 g/mol. The fourth-order valence-corrected chi connectivity index (χ4v) is 4.03. The van der Waals surface area contributed by atoms with Crippen LogP contribution < -0.4 is 5.32 Å². The molecule has 1 aliphatic rings. The van der Waals surface area contributed by atoms with Gasteiger partial charge in [-0.05, 0) is 38.3 Å². The van der Waals surface area contributed by atoms with Crippen LogP contribution in [0.25, 0.3) is 0 Å². The van der Waals surface area contributed by atoms with E-state index < -0.39 is 5.41 Å². The number of nitrogens with one attached hydrogen (secondary N) is 1. The molecule has 148 valence electrons. The van der Waals surface area contributed by atoms with Crippen molar-refractivity contribution in [2.45, 2.75) is 44.7 Å². The van der Waals surface area contributed by atoms with Crippen molar-refractivity contribution in [2.75, 3.05) is 13.1 Å². The molecule has 1 saturated heterocycles. The van der Waals surface area contributed by atoms with Crippen LogP contribution in [-0.4, -0.2) is 35.7 Å². The van der Waals surface area contributed by atoms with E-state index >= 15 is 0 Å². The number of benzene rings is 2. The number of Topliss-reactive ketones (excluding diaryl/α,β-unsaturated/α-hetero) is 1. The van der Waals surface area contributed by atoms with E-state index in [0.29, 0.717) is 31.5 Å². The van der Waals surface area contributed by atoms with Crippen LogP contribution in [-0.2, 0) is 21.5 Å². The Morgan fingerprint density at radius 1 is 1.07 bits per heavy atom. The average molecular weight is 382 g/mol. The van der Waals surface area contributed by atoms with Crippen molar-refractivity contribution in [3.05, 3.63) is 71.5 Å². The lowest BCUT2D eigenvalue weighted by Crippen LogP contribution is -2.53. The van der Waals surface area contributed by atoms with Gasteiger partial charge in [0.2, 0.25) is 5.91 Å². The van der Waals surface area contributed by atoms with Gasteiger partial charge in [0, 0.05) is 25.2 Å².